The number of carboxylic acids is 1. The molecule has 0 aliphatic heterocycles. The summed E-state index contributed by atoms with van der Waals surface area (Å²) in [6.45, 7) is 2.21. The first kappa shape index (κ1) is 12.1. The topological polar surface area (TPSA) is 37.3 Å². The third kappa shape index (κ3) is 2.33. The van der Waals surface area contributed by atoms with E-state index >= 15 is 0 Å². The summed E-state index contributed by atoms with van der Waals surface area (Å²) in [4.78, 5) is 11.3. The number of carbonyl (C=O) groups is 1. The number of aliphatic carboxylic acids is 1. The van der Waals surface area contributed by atoms with Crippen molar-refractivity contribution in [2.75, 3.05) is 0 Å². The summed E-state index contributed by atoms with van der Waals surface area (Å²) in [5.41, 5.74) is 1.18. The van der Waals surface area contributed by atoms with Crippen molar-refractivity contribution in [1.29, 1.82) is 0 Å². The predicted octanol–water partition coefficient (Wildman–Crippen LogP) is 4.12. The van der Waals surface area contributed by atoms with Gasteiger partial charge in [0.25, 0.3) is 0 Å². The van der Waals surface area contributed by atoms with E-state index in [1.807, 2.05) is 5.38 Å². The molecule has 16 heavy (non-hydrogen) atoms. The molecule has 1 saturated carbocycles. The lowest BCUT2D eigenvalue weighted by atomic mass is 9.72. The van der Waals surface area contributed by atoms with Crippen LogP contribution in [0, 0.1) is 11.8 Å². The molecule has 0 amide bonds. The molecule has 0 aromatic carbocycles. The highest BCUT2D eigenvalue weighted by Gasteiger charge is 2.35. The molecule has 0 spiro atoms. The van der Waals surface area contributed by atoms with E-state index in [1.54, 1.807) is 11.3 Å². The van der Waals surface area contributed by atoms with Crippen LogP contribution in [0.5, 0.6) is 0 Å². The third-order valence-corrected chi connectivity index (χ3v) is 5.22. The highest BCUT2D eigenvalue weighted by molar-refractivity contribution is 9.10. The number of carboxylic acid groups (broad SMARTS) is 1. The van der Waals surface area contributed by atoms with Crippen LogP contribution in [0.15, 0.2) is 15.2 Å². The highest BCUT2D eigenvalue weighted by Crippen LogP contribution is 2.43. The zero-order valence-electron chi connectivity index (χ0n) is 9.15. The maximum absolute atomic E-state index is 11.3. The molecule has 1 fully saturated rings. The minimum absolute atomic E-state index is 0.182. The zero-order valence-corrected chi connectivity index (χ0v) is 11.6. The second-order valence-electron chi connectivity index (χ2n) is 4.64. The van der Waals surface area contributed by atoms with Gasteiger partial charge >= 0.3 is 5.97 Å². The monoisotopic (exact) mass is 302 g/mol. The Balaban J connectivity index is 2.27. The lowest BCUT2D eigenvalue weighted by Crippen LogP contribution is -2.28. The Morgan fingerprint density at radius 3 is 2.81 bits per heavy atom. The fraction of sp³-hybridized carbons (Fsp3) is 0.583. The molecule has 0 bridgehead atoms. The minimum Gasteiger partial charge on any atom is -0.481 e. The fourth-order valence-corrected chi connectivity index (χ4v) is 4.23. The smallest absolute Gasteiger partial charge is 0.307 e. The SMILES string of the molecule is CC1CCC(C(=O)O)C(c2cscc2Br)C1. The standard InChI is InChI=1S/C12H15BrO2S/c1-7-2-3-8(12(14)15)9(4-7)10-5-16-6-11(10)13/h5-9H,2-4H2,1H3,(H,14,15). The first-order chi connectivity index (χ1) is 7.59. The number of halogens is 1. The molecule has 88 valence electrons. The second kappa shape index (κ2) is 4.88. The van der Waals surface area contributed by atoms with E-state index < -0.39 is 5.97 Å². The molecule has 2 nitrogen and oxygen atoms in total. The van der Waals surface area contributed by atoms with Gasteiger partial charge in [-0.15, -0.1) is 0 Å². The van der Waals surface area contributed by atoms with Gasteiger partial charge in [-0.3, -0.25) is 4.79 Å². The molecule has 0 radical (unpaired) electrons. The lowest BCUT2D eigenvalue weighted by Gasteiger charge is -2.32. The molecule has 1 aliphatic carbocycles. The molecule has 4 heteroatoms. The molecule has 1 aliphatic rings. The summed E-state index contributed by atoms with van der Waals surface area (Å²) in [6, 6.07) is 0. The van der Waals surface area contributed by atoms with Crippen LogP contribution in [0.4, 0.5) is 0 Å². The van der Waals surface area contributed by atoms with Crippen LogP contribution in [0.1, 0.15) is 37.7 Å². The van der Waals surface area contributed by atoms with Gasteiger partial charge in [-0.25, -0.2) is 0 Å². The fourth-order valence-electron chi connectivity index (χ4n) is 2.58. The van der Waals surface area contributed by atoms with Gasteiger partial charge in [-0.1, -0.05) is 6.92 Å². The Kier molecular flexibility index (Phi) is 3.70. The number of hydrogen-bond acceptors (Lipinski definition) is 2. The van der Waals surface area contributed by atoms with E-state index in [1.165, 1.54) is 5.56 Å². The summed E-state index contributed by atoms with van der Waals surface area (Å²) in [5.74, 6) is -0.0358. The van der Waals surface area contributed by atoms with Crippen molar-refractivity contribution in [3.05, 3.63) is 20.8 Å². The van der Waals surface area contributed by atoms with Crippen molar-refractivity contribution >= 4 is 33.2 Å². The summed E-state index contributed by atoms with van der Waals surface area (Å²) in [5, 5.41) is 13.4. The van der Waals surface area contributed by atoms with Gasteiger partial charge < -0.3 is 5.11 Å². The molecule has 1 N–H and O–H groups in total. The molecule has 1 aromatic heterocycles. The van der Waals surface area contributed by atoms with Crippen molar-refractivity contribution < 1.29 is 9.90 Å². The number of rotatable bonds is 2. The zero-order chi connectivity index (χ0) is 11.7. The second-order valence-corrected chi connectivity index (χ2v) is 6.24. The molecule has 2 rings (SSSR count). The lowest BCUT2D eigenvalue weighted by molar-refractivity contribution is -0.143. The molecule has 1 heterocycles. The van der Waals surface area contributed by atoms with Crippen LogP contribution in [0.3, 0.4) is 0 Å². The van der Waals surface area contributed by atoms with E-state index in [2.05, 4.69) is 28.2 Å². The van der Waals surface area contributed by atoms with Gasteiger partial charge in [0.05, 0.1) is 5.92 Å². The van der Waals surface area contributed by atoms with Crippen LogP contribution in [0.25, 0.3) is 0 Å². The van der Waals surface area contributed by atoms with Crippen molar-refractivity contribution in [3.63, 3.8) is 0 Å². The van der Waals surface area contributed by atoms with E-state index in [0.717, 1.165) is 23.7 Å². The van der Waals surface area contributed by atoms with Crippen molar-refractivity contribution in [1.82, 2.24) is 0 Å². The Morgan fingerprint density at radius 2 is 2.25 bits per heavy atom. The molecular weight excluding hydrogens is 288 g/mol. The first-order valence-electron chi connectivity index (χ1n) is 5.54. The highest BCUT2D eigenvalue weighted by atomic mass is 79.9. The minimum atomic E-state index is -0.644. The molecular formula is C12H15BrO2S. The quantitative estimate of drug-likeness (QED) is 0.892. The Labute approximate surface area is 108 Å². The predicted molar refractivity (Wildman–Crippen MR) is 68.9 cm³/mol. The van der Waals surface area contributed by atoms with Crippen LogP contribution < -0.4 is 0 Å². The summed E-state index contributed by atoms with van der Waals surface area (Å²) in [7, 11) is 0. The molecule has 3 atom stereocenters. The van der Waals surface area contributed by atoms with Crippen LogP contribution in [-0.2, 0) is 4.79 Å². The van der Waals surface area contributed by atoms with Gasteiger partial charge in [0.15, 0.2) is 0 Å². The summed E-state index contributed by atoms with van der Waals surface area (Å²) < 4.78 is 1.07. The van der Waals surface area contributed by atoms with Crippen molar-refractivity contribution in [2.24, 2.45) is 11.8 Å². The largest absolute Gasteiger partial charge is 0.481 e. The average molecular weight is 303 g/mol. The maximum Gasteiger partial charge on any atom is 0.307 e. The number of hydrogen-bond donors (Lipinski definition) is 1. The molecule has 0 saturated heterocycles. The Bertz CT molecular complexity index is 388. The van der Waals surface area contributed by atoms with Gasteiger partial charge in [-0.05, 0) is 58.0 Å². The Morgan fingerprint density at radius 1 is 1.50 bits per heavy atom. The van der Waals surface area contributed by atoms with Crippen LogP contribution in [0.2, 0.25) is 0 Å². The Hall–Kier alpha value is -0.350. The van der Waals surface area contributed by atoms with E-state index in [-0.39, 0.29) is 11.8 Å². The average Bonchev–Trinajstić information content (AvgIpc) is 2.63. The summed E-state index contributed by atoms with van der Waals surface area (Å²) in [6.07, 6.45) is 2.84. The van der Waals surface area contributed by atoms with Crippen LogP contribution >= 0.6 is 27.3 Å². The summed E-state index contributed by atoms with van der Waals surface area (Å²) >= 11 is 5.15. The van der Waals surface area contributed by atoms with Gasteiger partial charge in [0.1, 0.15) is 0 Å². The normalized spacial score (nSPS) is 30.2. The third-order valence-electron chi connectivity index (χ3n) is 3.47. The van der Waals surface area contributed by atoms with Crippen molar-refractivity contribution in [2.45, 2.75) is 32.1 Å². The van der Waals surface area contributed by atoms with E-state index in [9.17, 15) is 9.90 Å². The molecule has 3 unspecified atom stereocenters. The van der Waals surface area contributed by atoms with Crippen molar-refractivity contribution in [3.8, 4) is 0 Å². The maximum atomic E-state index is 11.3. The van der Waals surface area contributed by atoms with Gasteiger partial charge in [-0.2, -0.15) is 11.3 Å². The van der Waals surface area contributed by atoms with Gasteiger partial charge in [0.2, 0.25) is 0 Å². The van der Waals surface area contributed by atoms with Crippen LogP contribution in [-0.4, -0.2) is 11.1 Å². The molecule has 1 aromatic rings. The van der Waals surface area contributed by atoms with Gasteiger partial charge in [0, 0.05) is 9.85 Å². The first-order valence-corrected chi connectivity index (χ1v) is 7.27. The number of thiophene rings is 1. The van der Waals surface area contributed by atoms with E-state index in [4.69, 9.17) is 0 Å². The van der Waals surface area contributed by atoms with E-state index in [0.29, 0.717) is 5.92 Å².